The summed E-state index contributed by atoms with van der Waals surface area (Å²) in [6.07, 6.45) is 0. The van der Waals surface area contributed by atoms with Crippen molar-refractivity contribution in [1.82, 2.24) is 0 Å². The Morgan fingerprint density at radius 2 is 2.00 bits per heavy atom. The van der Waals surface area contributed by atoms with Crippen molar-refractivity contribution in [3.63, 3.8) is 0 Å². The second kappa shape index (κ2) is 5.51. The van der Waals surface area contributed by atoms with Crippen molar-refractivity contribution in [2.75, 3.05) is 6.54 Å². The summed E-state index contributed by atoms with van der Waals surface area (Å²) in [5.74, 6) is -0.535. The van der Waals surface area contributed by atoms with E-state index in [4.69, 9.17) is 17.3 Å². The minimum absolute atomic E-state index is 0.0859. The van der Waals surface area contributed by atoms with Gasteiger partial charge in [0, 0.05) is 21.7 Å². The Morgan fingerprint density at radius 1 is 1.26 bits per heavy atom. The summed E-state index contributed by atoms with van der Waals surface area (Å²) in [7, 11) is 0. The second-order valence-electron chi connectivity index (χ2n) is 4.26. The molecule has 2 nitrogen and oxygen atoms in total. The van der Waals surface area contributed by atoms with Crippen LogP contribution in [-0.4, -0.2) is 12.3 Å². The van der Waals surface area contributed by atoms with Gasteiger partial charge in [-0.1, -0.05) is 29.8 Å². The first-order chi connectivity index (χ1) is 9.04. The Kier molecular flexibility index (Phi) is 3.98. The molecule has 2 aromatic carbocycles. The smallest absolute Gasteiger partial charge is 0.176 e. The molecule has 0 aliphatic heterocycles. The maximum atomic E-state index is 14.1. The van der Waals surface area contributed by atoms with Gasteiger partial charge >= 0.3 is 0 Å². The Labute approximate surface area is 116 Å². The number of ketones is 1. The van der Waals surface area contributed by atoms with Crippen LogP contribution in [0.3, 0.4) is 0 Å². The summed E-state index contributed by atoms with van der Waals surface area (Å²) in [5.41, 5.74) is 7.18. The van der Waals surface area contributed by atoms with Crippen molar-refractivity contribution >= 4 is 17.4 Å². The Bertz CT molecular complexity index is 640. The van der Waals surface area contributed by atoms with Crippen LogP contribution in [0.2, 0.25) is 5.02 Å². The Balaban J connectivity index is 2.61. The van der Waals surface area contributed by atoms with Crippen LogP contribution in [0.25, 0.3) is 11.1 Å². The van der Waals surface area contributed by atoms with Gasteiger partial charge in [0.2, 0.25) is 0 Å². The van der Waals surface area contributed by atoms with Gasteiger partial charge in [0.25, 0.3) is 0 Å². The fourth-order valence-electron chi connectivity index (χ4n) is 1.88. The standard InChI is InChI=1S/C15H13ClFNO/c1-9-3-2-4-11(15(9)17)12-7-10(14(19)8-18)5-6-13(12)16/h2-7H,8,18H2,1H3. The number of carbonyl (C=O) groups is 1. The van der Waals surface area contributed by atoms with E-state index in [1.807, 2.05) is 0 Å². The highest BCUT2D eigenvalue weighted by molar-refractivity contribution is 6.33. The van der Waals surface area contributed by atoms with Gasteiger partial charge < -0.3 is 5.73 Å². The summed E-state index contributed by atoms with van der Waals surface area (Å²) in [5, 5.41) is 0.401. The van der Waals surface area contributed by atoms with Gasteiger partial charge in [-0.15, -0.1) is 0 Å². The lowest BCUT2D eigenvalue weighted by Crippen LogP contribution is -2.13. The Morgan fingerprint density at radius 3 is 2.68 bits per heavy atom. The van der Waals surface area contributed by atoms with Crippen LogP contribution in [0.15, 0.2) is 36.4 Å². The van der Waals surface area contributed by atoms with Gasteiger partial charge in [-0.2, -0.15) is 0 Å². The number of Topliss-reactive ketones (excluding diaryl/α,β-unsaturated/α-hetero) is 1. The molecule has 0 bridgehead atoms. The largest absolute Gasteiger partial charge is 0.324 e. The van der Waals surface area contributed by atoms with Gasteiger partial charge in [-0.3, -0.25) is 4.79 Å². The summed E-state index contributed by atoms with van der Waals surface area (Å²) >= 11 is 6.09. The third-order valence-electron chi connectivity index (χ3n) is 2.96. The van der Waals surface area contributed by atoms with E-state index in [0.717, 1.165) is 0 Å². The fourth-order valence-corrected chi connectivity index (χ4v) is 2.10. The molecular formula is C15H13ClFNO. The molecule has 0 saturated carbocycles. The molecule has 4 heteroatoms. The topological polar surface area (TPSA) is 43.1 Å². The fraction of sp³-hybridized carbons (Fsp3) is 0.133. The van der Waals surface area contributed by atoms with E-state index in [0.29, 0.717) is 27.3 Å². The zero-order chi connectivity index (χ0) is 14.0. The SMILES string of the molecule is Cc1cccc(-c2cc(C(=O)CN)ccc2Cl)c1F. The lowest BCUT2D eigenvalue weighted by molar-refractivity contribution is 0.100. The molecular weight excluding hydrogens is 265 g/mol. The first-order valence-electron chi connectivity index (χ1n) is 5.83. The third kappa shape index (κ3) is 2.67. The molecule has 0 heterocycles. The molecule has 0 aromatic heterocycles. The van der Waals surface area contributed by atoms with E-state index < -0.39 is 0 Å². The number of halogens is 2. The minimum Gasteiger partial charge on any atom is -0.324 e. The van der Waals surface area contributed by atoms with Crippen molar-refractivity contribution in [3.8, 4) is 11.1 Å². The molecule has 0 saturated heterocycles. The highest BCUT2D eigenvalue weighted by atomic mass is 35.5. The van der Waals surface area contributed by atoms with Gasteiger partial charge in [0.1, 0.15) is 5.82 Å². The lowest BCUT2D eigenvalue weighted by Gasteiger charge is -2.09. The van der Waals surface area contributed by atoms with Crippen LogP contribution in [0, 0.1) is 12.7 Å². The lowest BCUT2D eigenvalue weighted by atomic mass is 9.99. The predicted molar refractivity (Wildman–Crippen MR) is 75.0 cm³/mol. The van der Waals surface area contributed by atoms with Crippen molar-refractivity contribution < 1.29 is 9.18 Å². The van der Waals surface area contributed by atoms with Crippen LogP contribution in [0.4, 0.5) is 4.39 Å². The summed E-state index contributed by atoms with van der Waals surface area (Å²) in [4.78, 5) is 11.6. The van der Waals surface area contributed by atoms with E-state index >= 15 is 0 Å². The molecule has 0 aliphatic carbocycles. The molecule has 19 heavy (non-hydrogen) atoms. The molecule has 0 unspecified atom stereocenters. The first-order valence-corrected chi connectivity index (χ1v) is 6.20. The average molecular weight is 278 g/mol. The molecule has 2 rings (SSSR count). The summed E-state index contributed by atoms with van der Waals surface area (Å²) < 4.78 is 14.1. The zero-order valence-corrected chi connectivity index (χ0v) is 11.2. The molecule has 0 amide bonds. The van der Waals surface area contributed by atoms with E-state index in [1.54, 1.807) is 43.3 Å². The quantitative estimate of drug-likeness (QED) is 0.871. The molecule has 0 fully saturated rings. The summed E-state index contributed by atoms with van der Waals surface area (Å²) in [6, 6.07) is 9.83. The number of hydrogen-bond acceptors (Lipinski definition) is 2. The number of benzene rings is 2. The highest BCUT2D eigenvalue weighted by Gasteiger charge is 2.13. The molecule has 0 atom stereocenters. The maximum absolute atomic E-state index is 14.1. The highest BCUT2D eigenvalue weighted by Crippen LogP contribution is 2.31. The first kappa shape index (κ1) is 13.7. The molecule has 98 valence electrons. The molecule has 0 aliphatic rings. The van der Waals surface area contributed by atoms with Crippen LogP contribution < -0.4 is 5.73 Å². The van der Waals surface area contributed by atoms with Gasteiger partial charge in [0.05, 0.1) is 6.54 Å². The predicted octanol–water partition coefficient (Wildman–Crippen LogP) is 3.60. The number of hydrogen-bond donors (Lipinski definition) is 1. The molecule has 2 aromatic rings. The van der Waals surface area contributed by atoms with Crippen LogP contribution in [0.5, 0.6) is 0 Å². The Hall–Kier alpha value is -1.71. The van der Waals surface area contributed by atoms with Crippen LogP contribution in [0.1, 0.15) is 15.9 Å². The third-order valence-corrected chi connectivity index (χ3v) is 3.29. The molecule has 0 radical (unpaired) electrons. The van der Waals surface area contributed by atoms with Crippen LogP contribution >= 0.6 is 11.6 Å². The zero-order valence-electron chi connectivity index (χ0n) is 10.4. The second-order valence-corrected chi connectivity index (χ2v) is 4.67. The van der Waals surface area contributed by atoms with E-state index in [9.17, 15) is 9.18 Å². The van der Waals surface area contributed by atoms with Crippen molar-refractivity contribution in [1.29, 1.82) is 0 Å². The van der Waals surface area contributed by atoms with E-state index in [1.165, 1.54) is 0 Å². The minimum atomic E-state index is -0.332. The number of aryl methyl sites for hydroxylation is 1. The van der Waals surface area contributed by atoms with Gasteiger partial charge in [-0.25, -0.2) is 4.39 Å². The number of rotatable bonds is 3. The number of carbonyl (C=O) groups excluding carboxylic acids is 1. The van der Waals surface area contributed by atoms with Crippen molar-refractivity contribution in [2.24, 2.45) is 5.73 Å². The van der Waals surface area contributed by atoms with E-state index in [-0.39, 0.29) is 18.1 Å². The maximum Gasteiger partial charge on any atom is 0.176 e. The molecule has 0 spiro atoms. The van der Waals surface area contributed by atoms with Gasteiger partial charge in [0.15, 0.2) is 5.78 Å². The summed E-state index contributed by atoms with van der Waals surface area (Å²) in [6.45, 7) is 1.60. The molecule has 2 N–H and O–H groups in total. The van der Waals surface area contributed by atoms with Gasteiger partial charge in [-0.05, 0) is 30.7 Å². The number of nitrogens with two attached hydrogens (primary N) is 1. The van der Waals surface area contributed by atoms with Crippen molar-refractivity contribution in [2.45, 2.75) is 6.92 Å². The average Bonchev–Trinajstić information content (AvgIpc) is 2.42. The van der Waals surface area contributed by atoms with Crippen molar-refractivity contribution in [3.05, 3.63) is 58.4 Å². The monoisotopic (exact) mass is 277 g/mol. The normalized spacial score (nSPS) is 10.5. The van der Waals surface area contributed by atoms with E-state index in [2.05, 4.69) is 0 Å². The van der Waals surface area contributed by atoms with Crippen LogP contribution in [-0.2, 0) is 0 Å².